The second kappa shape index (κ2) is 6.76. The Bertz CT molecular complexity index is 755. The topological polar surface area (TPSA) is 101 Å². The van der Waals surface area contributed by atoms with Gasteiger partial charge in [-0.15, -0.1) is 0 Å². The average Bonchev–Trinajstić information content (AvgIpc) is 3.05. The molecule has 1 aliphatic heterocycles. The Morgan fingerprint density at radius 3 is 3.00 bits per heavy atom. The molecular weight excluding hydrogens is 306 g/mol. The van der Waals surface area contributed by atoms with Crippen LogP contribution in [0.4, 0.5) is 22.1 Å². The highest BCUT2D eigenvalue weighted by molar-refractivity contribution is 5.92. The second-order valence-electron chi connectivity index (χ2n) is 5.64. The van der Waals surface area contributed by atoms with Gasteiger partial charge in [-0.1, -0.05) is 19.4 Å². The van der Waals surface area contributed by atoms with E-state index < -0.39 is 12.2 Å². The van der Waals surface area contributed by atoms with E-state index in [1.165, 1.54) is 0 Å². The number of amides is 2. The van der Waals surface area contributed by atoms with Crippen LogP contribution in [-0.4, -0.2) is 18.9 Å². The maximum Gasteiger partial charge on any atom is 0.319 e. The number of carbonyl (C=O) groups is 1. The van der Waals surface area contributed by atoms with Crippen LogP contribution in [0.3, 0.4) is 0 Å². The highest BCUT2D eigenvalue weighted by atomic mass is 16.3. The molecule has 7 nitrogen and oxygen atoms in total. The Morgan fingerprint density at radius 2 is 2.25 bits per heavy atom. The molecule has 1 unspecified atom stereocenters. The molecule has 0 bridgehead atoms. The van der Waals surface area contributed by atoms with Crippen LogP contribution in [0.25, 0.3) is 0 Å². The van der Waals surface area contributed by atoms with Crippen molar-refractivity contribution in [3.8, 4) is 0 Å². The van der Waals surface area contributed by atoms with E-state index in [1.807, 2.05) is 35.2 Å². The fourth-order valence-electron chi connectivity index (χ4n) is 2.71. The van der Waals surface area contributed by atoms with Gasteiger partial charge in [-0.05, 0) is 30.7 Å². The van der Waals surface area contributed by atoms with Crippen LogP contribution in [0.5, 0.6) is 0 Å². The van der Waals surface area contributed by atoms with Crippen molar-refractivity contribution in [3.05, 3.63) is 42.2 Å². The highest BCUT2D eigenvalue weighted by Gasteiger charge is 2.25. The van der Waals surface area contributed by atoms with Crippen molar-refractivity contribution in [1.82, 2.24) is 0 Å². The Morgan fingerprint density at radius 1 is 1.42 bits per heavy atom. The number of furan rings is 1. The van der Waals surface area contributed by atoms with Gasteiger partial charge in [0.2, 0.25) is 5.88 Å². The van der Waals surface area contributed by atoms with Gasteiger partial charge in [0.15, 0.2) is 0 Å². The molecule has 24 heavy (non-hydrogen) atoms. The fourth-order valence-corrected chi connectivity index (χ4v) is 2.71. The summed E-state index contributed by atoms with van der Waals surface area (Å²) in [4.78, 5) is 19.4. The van der Waals surface area contributed by atoms with Gasteiger partial charge in [0.25, 0.3) is 0 Å². The van der Waals surface area contributed by atoms with Crippen molar-refractivity contribution in [2.75, 3.05) is 16.3 Å². The Kier molecular flexibility index (Phi) is 4.52. The number of primary amides is 1. The Labute approximate surface area is 140 Å². The molecule has 1 atom stereocenters. The summed E-state index contributed by atoms with van der Waals surface area (Å²) in [5.74, 6) is 0.525. The molecule has 1 aromatic carbocycles. The number of nitrogens with two attached hydrogens (primary N) is 2. The maximum absolute atomic E-state index is 11.8. The van der Waals surface area contributed by atoms with Gasteiger partial charge in [0, 0.05) is 17.9 Å². The van der Waals surface area contributed by atoms with Crippen LogP contribution >= 0.6 is 0 Å². The molecule has 7 heteroatoms. The summed E-state index contributed by atoms with van der Waals surface area (Å²) in [6.45, 7) is 2.66. The van der Waals surface area contributed by atoms with Crippen LogP contribution in [-0.2, 0) is 0 Å². The van der Waals surface area contributed by atoms with Gasteiger partial charge in [0.05, 0.1) is 11.8 Å². The second-order valence-corrected chi connectivity index (χ2v) is 5.64. The minimum atomic E-state index is -0.464. The van der Waals surface area contributed by atoms with E-state index in [0.717, 1.165) is 29.8 Å². The van der Waals surface area contributed by atoms with Crippen molar-refractivity contribution in [2.45, 2.75) is 25.9 Å². The molecule has 0 saturated carbocycles. The molecule has 1 aromatic heterocycles. The number of urea groups is 1. The van der Waals surface area contributed by atoms with Crippen molar-refractivity contribution in [1.29, 1.82) is 0 Å². The minimum absolute atomic E-state index is 0.399. The number of unbranched alkanes of at least 4 members (excludes halogenated alkanes) is 1. The first-order chi connectivity index (χ1) is 11.6. The monoisotopic (exact) mass is 327 g/mol. The van der Waals surface area contributed by atoms with Gasteiger partial charge < -0.3 is 20.8 Å². The molecule has 2 amide bonds. The van der Waals surface area contributed by atoms with Crippen LogP contribution in [0.15, 0.2) is 46.0 Å². The third-order valence-corrected chi connectivity index (χ3v) is 4.03. The number of anilines is 2. The van der Waals surface area contributed by atoms with Gasteiger partial charge in [-0.25, -0.2) is 9.79 Å². The largest absolute Gasteiger partial charge is 0.446 e. The molecule has 0 aliphatic carbocycles. The van der Waals surface area contributed by atoms with E-state index in [-0.39, 0.29) is 0 Å². The number of nitrogens with zero attached hydrogens (tertiary/aromatic N) is 3. The zero-order chi connectivity index (χ0) is 17.1. The zero-order valence-electron chi connectivity index (χ0n) is 13.6. The molecule has 3 rings (SSSR count). The number of fused-ring (bicyclic) bond motifs is 1. The fraction of sp³-hybridized carbons (Fsp3) is 0.294. The van der Waals surface area contributed by atoms with Gasteiger partial charge in [0.1, 0.15) is 12.5 Å². The van der Waals surface area contributed by atoms with Crippen LogP contribution in [0.2, 0.25) is 0 Å². The smallest absolute Gasteiger partial charge is 0.319 e. The molecule has 4 N–H and O–H groups in total. The maximum atomic E-state index is 11.8. The molecule has 0 radical (unpaired) electrons. The number of hydrogen-bond acceptors (Lipinski definition) is 5. The number of hydrogen-bond donors (Lipinski definition) is 2. The molecule has 1 aliphatic rings. The first kappa shape index (κ1) is 16.1. The molecule has 0 fully saturated rings. The lowest BCUT2D eigenvalue weighted by atomic mass is 10.1. The summed E-state index contributed by atoms with van der Waals surface area (Å²) in [6.07, 6.45) is 4.67. The predicted molar refractivity (Wildman–Crippen MR) is 94.5 cm³/mol. The molecule has 2 heterocycles. The van der Waals surface area contributed by atoms with E-state index in [9.17, 15) is 4.79 Å². The first-order valence-electron chi connectivity index (χ1n) is 7.94. The normalized spacial score (nSPS) is 16.1. The Hall–Kier alpha value is -2.80. The average molecular weight is 327 g/mol. The summed E-state index contributed by atoms with van der Waals surface area (Å²) in [5.41, 5.74) is 14.2. The third-order valence-electron chi connectivity index (χ3n) is 4.03. The lowest BCUT2D eigenvalue weighted by Crippen LogP contribution is -2.37. The van der Waals surface area contributed by atoms with Crippen LogP contribution < -0.4 is 21.3 Å². The first-order valence-corrected chi connectivity index (χ1v) is 7.94. The summed E-state index contributed by atoms with van der Waals surface area (Å²) in [5, 5.41) is 0. The van der Waals surface area contributed by atoms with Crippen molar-refractivity contribution < 1.29 is 9.21 Å². The number of aliphatic imine (C=N–C) groups is 1. The number of carbonyl (C=O) groups excluding carboxylic acids is 1. The van der Waals surface area contributed by atoms with Crippen molar-refractivity contribution in [2.24, 2.45) is 16.5 Å². The van der Waals surface area contributed by atoms with Crippen molar-refractivity contribution in [3.63, 3.8) is 0 Å². The van der Waals surface area contributed by atoms with E-state index in [1.54, 1.807) is 17.5 Å². The highest BCUT2D eigenvalue weighted by Crippen LogP contribution is 2.34. The molecular formula is C17H21N5O2. The number of benzene rings is 1. The predicted octanol–water partition coefficient (Wildman–Crippen LogP) is 3.10. The van der Waals surface area contributed by atoms with E-state index in [2.05, 4.69) is 11.9 Å². The third kappa shape index (κ3) is 2.98. The van der Waals surface area contributed by atoms with E-state index in [4.69, 9.17) is 15.9 Å². The molecule has 0 spiro atoms. The SMILES string of the molecule is CCCCN(C(N)=O)c1cccc(N2C=Nc3occc3C2N)c1. The van der Waals surface area contributed by atoms with Crippen LogP contribution in [0, 0.1) is 0 Å². The van der Waals surface area contributed by atoms with E-state index >= 15 is 0 Å². The lowest BCUT2D eigenvalue weighted by Gasteiger charge is -2.30. The minimum Gasteiger partial charge on any atom is -0.446 e. The standard InChI is InChI=1S/C17H21N5O2/c1-2-3-8-21(17(19)23)12-5-4-6-13(10-12)22-11-20-16-14(15(22)18)7-9-24-16/h4-7,9-11,15H,2-3,8,18H2,1H3,(H2,19,23). The van der Waals surface area contributed by atoms with Gasteiger partial charge in [-0.2, -0.15) is 0 Å². The molecule has 126 valence electrons. The summed E-state index contributed by atoms with van der Waals surface area (Å²) in [6, 6.07) is 8.88. The van der Waals surface area contributed by atoms with Crippen molar-refractivity contribution >= 4 is 29.6 Å². The lowest BCUT2D eigenvalue weighted by molar-refractivity contribution is 0.254. The summed E-state index contributed by atoms with van der Waals surface area (Å²) < 4.78 is 5.27. The Balaban J connectivity index is 1.89. The number of rotatable bonds is 5. The zero-order valence-corrected chi connectivity index (χ0v) is 13.6. The summed E-state index contributed by atoms with van der Waals surface area (Å²) >= 11 is 0. The van der Waals surface area contributed by atoms with Crippen LogP contribution in [0.1, 0.15) is 31.5 Å². The molecule has 0 saturated heterocycles. The van der Waals surface area contributed by atoms with Gasteiger partial charge >= 0.3 is 6.03 Å². The van der Waals surface area contributed by atoms with Gasteiger partial charge in [-0.3, -0.25) is 4.90 Å². The van der Waals surface area contributed by atoms with E-state index in [0.29, 0.717) is 12.4 Å². The quantitative estimate of drug-likeness (QED) is 0.881. The molecule has 2 aromatic rings. The summed E-state index contributed by atoms with van der Waals surface area (Å²) in [7, 11) is 0.